The maximum absolute atomic E-state index is 12.5. The molecule has 2 aromatic rings. The predicted octanol–water partition coefficient (Wildman–Crippen LogP) is 1.32. The second-order valence-electron chi connectivity index (χ2n) is 5.44. The average Bonchev–Trinajstić information content (AvgIpc) is 2.56. The van der Waals surface area contributed by atoms with Gasteiger partial charge in [-0.15, -0.1) is 0 Å². The number of aromatic hydroxyl groups is 1. The van der Waals surface area contributed by atoms with Gasteiger partial charge in [0.15, 0.2) is 5.88 Å². The Balaban J connectivity index is 1.69. The van der Waals surface area contributed by atoms with E-state index in [1.807, 2.05) is 0 Å². The van der Waals surface area contributed by atoms with Crippen LogP contribution in [0.15, 0.2) is 33.8 Å². The number of piperidine rings is 1. The van der Waals surface area contributed by atoms with Crippen molar-refractivity contribution in [3.05, 3.63) is 44.9 Å². The first-order valence-corrected chi connectivity index (χ1v) is 8.17. The lowest BCUT2D eigenvalue weighted by molar-refractivity contribution is 0.0515. The molecule has 0 bridgehead atoms. The first-order chi connectivity index (χ1) is 11.5. The molecule has 1 aliphatic heterocycles. The first-order valence-electron chi connectivity index (χ1n) is 7.38. The van der Waals surface area contributed by atoms with Gasteiger partial charge in [0.2, 0.25) is 0 Å². The summed E-state index contributed by atoms with van der Waals surface area (Å²) >= 11 is 3.25. The van der Waals surface area contributed by atoms with Crippen molar-refractivity contribution in [3.63, 3.8) is 0 Å². The second-order valence-corrected chi connectivity index (χ2v) is 6.35. The molecule has 3 heterocycles. The summed E-state index contributed by atoms with van der Waals surface area (Å²) in [6.45, 7) is 0.930. The number of rotatable bonds is 3. The fourth-order valence-corrected chi connectivity index (χ4v) is 2.77. The quantitative estimate of drug-likeness (QED) is 0.812. The first kappa shape index (κ1) is 16.4. The summed E-state index contributed by atoms with van der Waals surface area (Å²) in [5.41, 5.74) is -0.372. The minimum absolute atomic E-state index is 0.150. The van der Waals surface area contributed by atoms with Crippen molar-refractivity contribution in [2.75, 3.05) is 13.1 Å². The van der Waals surface area contributed by atoms with E-state index in [9.17, 15) is 14.7 Å². The van der Waals surface area contributed by atoms with Crippen molar-refractivity contribution >= 4 is 21.8 Å². The molecule has 0 spiro atoms. The van der Waals surface area contributed by atoms with Crippen molar-refractivity contribution in [1.29, 1.82) is 0 Å². The van der Waals surface area contributed by atoms with Crippen LogP contribution in [0.25, 0.3) is 0 Å². The highest BCUT2D eigenvalue weighted by Gasteiger charge is 2.26. The minimum Gasteiger partial charge on any atom is -0.494 e. The number of nitrogens with zero attached hydrogens (tertiary/aromatic N) is 3. The number of carbonyl (C=O) groups excluding carboxylic acids is 1. The summed E-state index contributed by atoms with van der Waals surface area (Å²) < 4.78 is 6.47. The number of H-pyrrole nitrogens is 1. The van der Waals surface area contributed by atoms with Gasteiger partial charge in [0.05, 0.1) is 16.6 Å². The lowest BCUT2D eigenvalue weighted by Gasteiger charge is -2.32. The van der Waals surface area contributed by atoms with Gasteiger partial charge in [-0.1, -0.05) is 0 Å². The van der Waals surface area contributed by atoms with Crippen molar-refractivity contribution in [1.82, 2.24) is 19.9 Å². The predicted molar refractivity (Wildman–Crippen MR) is 88.0 cm³/mol. The molecule has 1 amide bonds. The van der Waals surface area contributed by atoms with Gasteiger partial charge in [-0.05, 0) is 28.8 Å². The Bertz CT molecular complexity index is 793. The Morgan fingerprint density at radius 2 is 2.12 bits per heavy atom. The monoisotopic (exact) mass is 394 g/mol. The number of ether oxygens (including phenoxy) is 1. The third-order valence-corrected chi connectivity index (χ3v) is 4.02. The molecule has 8 nitrogen and oxygen atoms in total. The molecule has 24 heavy (non-hydrogen) atoms. The third kappa shape index (κ3) is 3.91. The number of aromatic nitrogens is 3. The molecule has 0 radical (unpaired) electrons. The van der Waals surface area contributed by atoms with Crippen LogP contribution in [0.5, 0.6) is 11.9 Å². The molecule has 3 rings (SSSR count). The SMILES string of the molecule is O=C(c1cc(O)[nH]c(=O)c1)N1CCCC(Oc2ncc(Br)cn2)C1. The van der Waals surface area contributed by atoms with Crippen LogP contribution in [0, 0.1) is 0 Å². The van der Waals surface area contributed by atoms with Gasteiger partial charge in [-0.3, -0.25) is 14.6 Å². The maximum Gasteiger partial charge on any atom is 0.316 e. The fraction of sp³-hybridized carbons (Fsp3) is 0.333. The van der Waals surface area contributed by atoms with Crippen LogP contribution in [0.4, 0.5) is 0 Å². The summed E-state index contributed by atoms with van der Waals surface area (Å²) in [7, 11) is 0. The molecule has 0 saturated carbocycles. The number of amides is 1. The molecule has 126 valence electrons. The van der Waals surface area contributed by atoms with E-state index in [0.717, 1.165) is 17.3 Å². The van der Waals surface area contributed by atoms with Crippen LogP contribution in [0.2, 0.25) is 0 Å². The number of hydrogen-bond acceptors (Lipinski definition) is 6. The molecular formula is C15H15BrN4O4. The normalized spacial score (nSPS) is 17.5. The number of pyridine rings is 1. The zero-order valence-corrected chi connectivity index (χ0v) is 14.2. The van der Waals surface area contributed by atoms with Gasteiger partial charge in [0.25, 0.3) is 11.5 Å². The Kier molecular flexibility index (Phi) is 4.79. The number of carbonyl (C=O) groups is 1. The van der Waals surface area contributed by atoms with Crippen LogP contribution in [0.1, 0.15) is 23.2 Å². The molecule has 9 heteroatoms. The Morgan fingerprint density at radius 3 is 2.83 bits per heavy atom. The molecule has 1 fully saturated rings. The van der Waals surface area contributed by atoms with E-state index >= 15 is 0 Å². The van der Waals surface area contributed by atoms with E-state index in [1.54, 1.807) is 17.3 Å². The summed E-state index contributed by atoms with van der Waals surface area (Å²) in [5, 5.41) is 9.44. The Hall–Kier alpha value is -2.42. The van der Waals surface area contributed by atoms with Gasteiger partial charge in [0, 0.05) is 31.1 Å². The lowest BCUT2D eigenvalue weighted by Crippen LogP contribution is -2.44. The van der Waals surface area contributed by atoms with E-state index in [4.69, 9.17) is 4.74 Å². The van der Waals surface area contributed by atoms with Crippen molar-refractivity contribution < 1.29 is 14.6 Å². The van der Waals surface area contributed by atoms with E-state index in [-0.39, 0.29) is 29.5 Å². The number of nitrogens with one attached hydrogen (secondary N) is 1. The molecule has 0 aliphatic carbocycles. The second kappa shape index (κ2) is 7.00. The van der Waals surface area contributed by atoms with Gasteiger partial charge in [-0.25, -0.2) is 9.97 Å². The van der Waals surface area contributed by atoms with Crippen LogP contribution in [-0.4, -0.2) is 50.1 Å². The molecule has 1 atom stereocenters. The van der Waals surface area contributed by atoms with Crippen LogP contribution in [-0.2, 0) is 0 Å². The molecule has 1 aliphatic rings. The van der Waals surface area contributed by atoms with Gasteiger partial charge < -0.3 is 14.7 Å². The molecule has 2 N–H and O–H groups in total. The zero-order chi connectivity index (χ0) is 17.1. The van der Waals surface area contributed by atoms with Gasteiger partial charge in [0.1, 0.15) is 6.10 Å². The zero-order valence-electron chi connectivity index (χ0n) is 12.6. The number of aromatic amines is 1. The summed E-state index contributed by atoms with van der Waals surface area (Å²) in [5.74, 6) is -0.652. The standard InChI is InChI=1S/C15H15BrN4O4/c16-10-6-17-15(18-7-10)24-11-2-1-3-20(8-11)14(23)9-4-12(21)19-13(22)5-9/h4-7,11H,1-3,8H2,(H2,19,21,22). The lowest BCUT2D eigenvalue weighted by atomic mass is 10.1. The van der Waals surface area contributed by atoms with Crippen molar-refractivity contribution in [3.8, 4) is 11.9 Å². The minimum atomic E-state index is -0.522. The highest BCUT2D eigenvalue weighted by atomic mass is 79.9. The smallest absolute Gasteiger partial charge is 0.316 e. The number of likely N-dealkylation sites (tertiary alicyclic amines) is 1. The highest BCUT2D eigenvalue weighted by molar-refractivity contribution is 9.10. The largest absolute Gasteiger partial charge is 0.494 e. The van der Waals surface area contributed by atoms with Gasteiger partial charge in [-0.2, -0.15) is 0 Å². The van der Waals surface area contributed by atoms with Gasteiger partial charge >= 0.3 is 6.01 Å². The van der Waals surface area contributed by atoms with E-state index < -0.39 is 5.56 Å². The molecule has 2 aromatic heterocycles. The van der Waals surface area contributed by atoms with E-state index in [2.05, 4.69) is 30.9 Å². The summed E-state index contributed by atoms with van der Waals surface area (Å²) in [6.07, 6.45) is 4.51. The fourth-order valence-electron chi connectivity index (χ4n) is 2.56. The molecule has 1 saturated heterocycles. The Labute approximate surface area is 145 Å². The van der Waals surface area contributed by atoms with Crippen molar-refractivity contribution in [2.24, 2.45) is 0 Å². The molecule has 1 unspecified atom stereocenters. The van der Waals surface area contributed by atoms with E-state index in [1.165, 1.54) is 12.1 Å². The van der Waals surface area contributed by atoms with Crippen LogP contribution >= 0.6 is 15.9 Å². The number of hydrogen-bond donors (Lipinski definition) is 2. The van der Waals surface area contributed by atoms with E-state index in [0.29, 0.717) is 13.1 Å². The topological polar surface area (TPSA) is 108 Å². The molecule has 0 aromatic carbocycles. The highest BCUT2D eigenvalue weighted by Crippen LogP contribution is 2.18. The maximum atomic E-state index is 12.5. The van der Waals surface area contributed by atoms with Crippen LogP contribution < -0.4 is 10.3 Å². The summed E-state index contributed by atoms with van der Waals surface area (Å²) in [4.78, 5) is 35.8. The summed E-state index contributed by atoms with van der Waals surface area (Å²) in [6, 6.07) is 2.67. The average molecular weight is 395 g/mol. The van der Waals surface area contributed by atoms with Crippen molar-refractivity contribution in [2.45, 2.75) is 18.9 Å². The number of halogens is 1. The Morgan fingerprint density at radius 1 is 1.38 bits per heavy atom. The third-order valence-electron chi connectivity index (χ3n) is 3.61. The molecular weight excluding hydrogens is 380 g/mol. The van der Waals surface area contributed by atoms with Crippen LogP contribution in [0.3, 0.4) is 0 Å².